The van der Waals surface area contributed by atoms with Crippen molar-refractivity contribution < 1.29 is 14.1 Å². The van der Waals surface area contributed by atoms with Crippen LogP contribution in [0.25, 0.3) is 0 Å². The van der Waals surface area contributed by atoms with E-state index in [0.717, 1.165) is 5.56 Å². The summed E-state index contributed by atoms with van der Waals surface area (Å²) in [5, 5.41) is 4.43. The van der Waals surface area contributed by atoms with Crippen molar-refractivity contribution in [2.24, 2.45) is 0 Å². The molecule has 0 saturated heterocycles. The summed E-state index contributed by atoms with van der Waals surface area (Å²) in [6, 6.07) is 14.5. The van der Waals surface area contributed by atoms with E-state index in [0.29, 0.717) is 34.6 Å². The highest BCUT2D eigenvalue weighted by molar-refractivity contribution is 6.30. The smallest absolute Gasteiger partial charge is 0.257 e. The number of benzene rings is 2. The van der Waals surface area contributed by atoms with Crippen LogP contribution in [0.1, 0.15) is 27.6 Å². The van der Waals surface area contributed by atoms with E-state index < -0.39 is 0 Å². The van der Waals surface area contributed by atoms with Gasteiger partial charge in [0.05, 0.1) is 5.56 Å². The molecule has 7 heteroatoms. The molecule has 0 spiro atoms. The zero-order valence-corrected chi connectivity index (χ0v) is 15.2. The highest BCUT2D eigenvalue weighted by Gasteiger charge is 2.17. The molecule has 0 atom stereocenters. The van der Waals surface area contributed by atoms with E-state index in [9.17, 15) is 4.79 Å². The second-order valence-electron chi connectivity index (χ2n) is 5.81. The number of hydrogen-bond acceptors (Lipinski definition) is 5. The molecule has 0 radical (unpaired) electrons. The summed E-state index contributed by atoms with van der Waals surface area (Å²) in [5.41, 5.74) is 1.42. The van der Waals surface area contributed by atoms with Crippen LogP contribution in [-0.2, 0) is 13.2 Å². The summed E-state index contributed by atoms with van der Waals surface area (Å²) in [5.74, 6) is 1.22. The average Bonchev–Trinajstić information content (AvgIpc) is 3.05. The fraction of sp³-hybridized carbons (Fsp3) is 0.211. The summed E-state index contributed by atoms with van der Waals surface area (Å²) in [4.78, 5) is 18.5. The lowest BCUT2D eigenvalue weighted by Crippen LogP contribution is -2.26. The first kappa shape index (κ1) is 17.9. The molecular weight excluding hydrogens is 354 g/mol. The molecule has 0 unspecified atom stereocenters. The molecule has 1 amide bonds. The van der Waals surface area contributed by atoms with Crippen molar-refractivity contribution in [2.75, 3.05) is 7.05 Å². The molecule has 1 heterocycles. The van der Waals surface area contributed by atoms with Gasteiger partial charge in [0.2, 0.25) is 11.7 Å². The largest absolute Gasteiger partial charge is 0.485 e. The van der Waals surface area contributed by atoms with E-state index in [2.05, 4.69) is 10.1 Å². The molecule has 0 aliphatic carbocycles. The molecule has 0 aliphatic rings. The van der Waals surface area contributed by atoms with E-state index in [1.165, 1.54) is 0 Å². The first-order chi connectivity index (χ1) is 12.5. The monoisotopic (exact) mass is 371 g/mol. The lowest BCUT2D eigenvalue weighted by molar-refractivity contribution is 0.0780. The van der Waals surface area contributed by atoms with Gasteiger partial charge >= 0.3 is 0 Å². The van der Waals surface area contributed by atoms with Crippen LogP contribution in [0.3, 0.4) is 0 Å². The third kappa shape index (κ3) is 4.40. The zero-order chi connectivity index (χ0) is 18.5. The molecular formula is C19H18ClN3O3. The van der Waals surface area contributed by atoms with E-state index >= 15 is 0 Å². The maximum absolute atomic E-state index is 12.8. The SMILES string of the molecule is Cc1nc(COc2ccccc2C(=O)N(C)Cc2cccc(Cl)c2)no1. The van der Waals surface area contributed by atoms with E-state index in [1.807, 2.05) is 24.3 Å². The van der Waals surface area contributed by atoms with Gasteiger partial charge in [-0.05, 0) is 29.8 Å². The molecule has 2 aromatic carbocycles. The number of rotatable bonds is 6. The Morgan fingerprint density at radius 1 is 1.23 bits per heavy atom. The van der Waals surface area contributed by atoms with Gasteiger partial charge in [0, 0.05) is 25.5 Å². The number of ether oxygens (including phenoxy) is 1. The quantitative estimate of drug-likeness (QED) is 0.657. The molecule has 0 bridgehead atoms. The van der Waals surface area contributed by atoms with Crippen LogP contribution in [0.15, 0.2) is 53.1 Å². The number of para-hydroxylation sites is 1. The average molecular weight is 372 g/mol. The van der Waals surface area contributed by atoms with Crippen LogP contribution in [-0.4, -0.2) is 28.0 Å². The number of hydrogen-bond donors (Lipinski definition) is 0. The summed E-state index contributed by atoms with van der Waals surface area (Å²) < 4.78 is 10.6. The molecule has 26 heavy (non-hydrogen) atoms. The highest BCUT2D eigenvalue weighted by Crippen LogP contribution is 2.22. The fourth-order valence-electron chi connectivity index (χ4n) is 2.50. The minimum atomic E-state index is -0.148. The van der Waals surface area contributed by atoms with Gasteiger partial charge in [0.15, 0.2) is 6.61 Å². The van der Waals surface area contributed by atoms with Crippen molar-refractivity contribution in [2.45, 2.75) is 20.1 Å². The Morgan fingerprint density at radius 2 is 2.04 bits per heavy atom. The van der Waals surface area contributed by atoms with Crippen molar-refractivity contribution in [1.29, 1.82) is 0 Å². The Hall–Kier alpha value is -2.86. The number of nitrogens with zero attached hydrogens (tertiary/aromatic N) is 3. The Balaban J connectivity index is 1.72. The van der Waals surface area contributed by atoms with Crippen molar-refractivity contribution >= 4 is 17.5 Å². The second-order valence-corrected chi connectivity index (χ2v) is 6.24. The van der Waals surface area contributed by atoms with Crippen molar-refractivity contribution in [3.05, 3.63) is 76.4 Å². The van der Waals surface area contributed by atoms with Crippen molar-refractivity contribution in [3.63, 3.8) is 0 Å². The molecule has 0 fully saturated rings. The third-order valence-corrected chi connectivity index (χ3v) is 3.93. The molecule has 6 nitrogen and oxygen atoms in total. The van der Waals surface area contributed by atoms with Gasteiger partial charge in [-0.1, -0.05) is 41.0 Å². The molecule has 134 valence electrons. The summed E-state index contributed by atoms with van der Waals surface area (Å²) in [6.07, 6.45) is 0. The molecule has 1 aromatic heterocycles. The number of aryl methyl sites for hydroxylation is 1. The predicted molar refractivity (Wildman–Crippen MR) is 97.1 cm³/mol. The normalized spacial score (nSPS) is 10.6. The van der Waals surface area contributed by atoms with Gasteiger partial charge in [-0.15, -0.1) is 0 Å². The number of carbonyl (C=O) groups is 1. The van der Waals surface area contributed by atoms with Crippen LogP contribution in [0.5, 0.6) is 5.75 Å². The summed E-state index contributed by atoms with van der Waals surface area (Å²) in [6.45, 7) is 2.27. The topological polar surface area (TPSA) is 68.5 Å². The maximum atomic E-state index is 12.8. The predicted octanol–water partition coefficient (Wildman–Crippen LogP) is 3.88. The van der Waals surface area contributed by atoms with Gasteiger partial charge < -0.3 is 14.2 Å². The Kier molecular flexibility index (Phi) is 5.53. The van der Waals surface area contributed by atoms with Crippen LogP contribution < -0.4 is 4.74 Å². The number of aromatic nitrogens is 2. The van der Waals surface area contributed by atoms with Gasteiger partial charge in [0.1, 0.15) is 5.75 Å². The number of carbonyl (C=O) groups excluding carboxylic acids is 1. The van der Waals surface area contributed by atoms with Crippen LogP contribution >= 0.6 is 11.6 Å². The Bertz CT molecular complexity index is 910. The highest BCUT2D eigenvalue weighted by atomic mass is 35.5. The first-order valence-corrected chi connectivity index (χ1v) is 8.41. The van der Waals surface area contributed by atoms with E-state index in [1.54, 1.807) is 43.1 Å². The standard InChI is InChI=1S/C19H18ClN3O3/c1-13-21-18(22-26-13)12-25-17-9-4-3-8-16(17)19(24)23(2)11-14-6-5-7-15(20)10-14/h3-10H,11-12H2,1-2H3. The van der Waals surface area contributed by atoms with E-state index in [4.69, 9.17) is 20.9 Å². The molecule has 0 aliphatic heterocycles. The second kappa shape index (κ2) is 8.01. The third-order valence-electron chi connectivity index (χ3n) is 3.70. The molecule has 0 saturated carbocycles. The fourth-order valence-corrected chi connectivity index (χ4v) is 2.71. The first-order valence-electron chi connectivity index (χ1n) is 8.04. The van der Waals surface area contributed by atoms with Gasteiger partial charge in [-0.25, -0.2) is 0 Å². The van der Waals surface area contributed by atoms with Crippen molar-refractivity contribution in [3.8, 4) is 5.75 Å². The van der Waals surface area contributed by atoms with Gasteiger partial charge in [-0.2, -0.15) is 4.98 Å². The van der Waals surface area contributed by atoms with Gasteiger partial charge in [0.25, 0.3) is 5.91 Å². The summed E-state index contributed by atoms with van der Waals surface area (Å²) in [7, 11) is 1.74. The number of halogens is 1. The number of amides is 1. The van der Waals surface area contributed by atoms with Crippen LogP contribution in [0.2, 0.25) is 5.02 Å². The van der Waals surface area contributed by atoms with Crippen LogP contribution in [0, 0.1) is 6.92 Å². The summed E-state index contributed by atoms with van der Waals surface area (Å²) >= 11 is 6.01. The maximum Gasteiger partial charge on any atom is 0.257 e. The van der Waals surface area contributed by atoms with E-state index in [-0.39, 0.29) is 12.5 Å². The Morgan fingerprint density at radius 3 is 2.77 bits per heavy atom. The zero-order valence-electron chi connectivity index (χ0n) is 14.5. The lowest BCUT2D eigenvalue weighted by Gasteiger charge is -2.19. The molecule has 3 rings (SSSR count). The minimum absolute atomic E-state index is 0.125. The lowest BCUT2D eigenvalue weighted by atomic mass is 10.1. The minimum Gasteiger partial charge on any atom is -0.485 e. The molecule has 0 N–H and O–H groups in total. The van der Waals surface area contributed by atoms with Gasteiger partial charge in [-0.3, -0.25) is 4.79 Å². The Labute approximate surface area is 156 Å². The van der Waals surface area contributed by atoms with Crippen LogP contribution in [0.4, 0.5) is 0 Å². The van der Waals surface area contributed by atoms with Crippen molar-refractivity contribution in [1.82, 2.24) is 15.0 Å². The molecule has 3 aromatic rings.